The molecule has 1 heterocycles. The molecule has 2 amide bonds. The van der Waals surface area contributed by atoms with Crippen LogP contribution in [0.15, 0.2) is 30.3 Å². The molecule has 7 heteroatoms. The van der Waals surface area contributed by atoms with Gasteiger partial charge in [-0.1, -0.05) is 24.3 Å². The number of fused-ring (bicyclic) bond motifs is 1. The molecule has 0 unspecified atom stereocenters. The molecule has 1 aromatic carbocycles. The first kappa shape index (κ1) is 19.4. The third kappa shape index (κ3) is 4.00. The number of carbonyl (C=O) groups excluding carboxylic acids is 2. The fraction of sp³-hybridized carbons (Fsp3) is 0.450. The van der Waals surface area contributed by atoms with Crippen LogP contribution in [0.25, 0.3) is 0 Å². The normalized spacial score (nSPS) is 18.9. The van der Waals surface area contributed by atoms with Crippen LogP contribution in [0.4, 0.5) is 0 Å². The molecular formula is C20H25ClN4O2. The monoisotopic (exact) mass is 388 g/mol. The number of nitrogens with one attached hydrogen (secondary N) is 2. The summed E-state index contributed by atoms with van der Waals surface area (Å²) in [6.07, 6.45) is 0.647. The minimum atomic E-state index is -0.304. The number of hydrogen-bond acceptors (Lipinski definition) is 3. The first-order valence-corrected chi connectivity index (χ1v) is 9.55. The summed E-state index contributed by atoms with van der Waals surface area (Å²) < 4.78 is 1.85. The number of amides is 2. The van der Waals surface area contributed by atoms with Crippen molar-refractivity contribution in [1.82, 2.24) is 20.4 Å². The third-order valence-corrected chi connectivity index (χ3v) is 4.98. The molecule has 2 atom stereocenters. The molecule has 0 aliphatic heterocycles. The highest BCUT2D eigenvalue weighted by atomic mass is 35.5. The molecule has 0 saturated carbocycles. The summed E-state index contributed by atoms with van der Waals surface area (Å²) in [4.78, 5) is 24.7. The Labute approximate surface area is 164 Å². The zero-order valence-electron chi connectivity index (χ0n) is 16.0. The van der Waals surface area contributed by atoms with Gasteiger partial charge >= 0.3 is 0 Å². The molecule has 0 saturated heterocycles. The van der Waals surface area contributed by atoms with Crippen LogP contribution >= 0.6 is 11.6 Å². The van der Waals surface area contributed by atoms with E-state index in [4.69, 9.17) is 11.6 Å². The minimum Gasteiger partial charge on any atom is -0.346 e. The van der Waals surface area contributed by atoms with Crippen LogP contribution in [0.3, 0.4) is 0 Å². The van der Waals surface area contributed by atoms with Gasteiger partial charge in [0.2, 0.25) is 5.91 Å². The molecule has 3 rings (SSSR count). The lowest BCUT2D eigenvalue weighted by atomic mass is 10.1. The molecule has 2 N–H and O–H groups in total. The number of carbonyl (C=O) groups is 2. The molecule has 144 valence electrons. The summed E-state index contributed by atoms with van der Waals surface area (Å²) in [5, 5.41) is 10.4. The first-order chi connectivity index (χ1) is 12.7. The van der Waals surface area contributed by atoms with E-state index in [-0.39, 0.29) is 35.3 Å². The van der Waals surface area contributed by atoms with Crippen molar-refractivity contribution in [1.29, 1.82) is 0 Å². The summed E-state index contributed by atoms with van der Waals surface area (Å²) in [6.45, 7) is 8.06. The van der Waals surface area contributed by atoms with E-state index in [1.807, 2.05) is 56.6 Å². The molecule has 1 aromatic heterocycles. The van der Waals surface area contributed by atoms with E-state index in [1.165, 1.54) is 0 Å². The predicted octanol–water partition coefficient (Wildman–Crippen LogP) is 2.70. The van der Waals surface area contributed by atoms with Gasteiger partial charge in [0.05, 0.1) is 17.6 Å². The fourth-order valence-electron chi connectivity index (χ4n) is 3.63. The van der Waals surface area contributed by atoms with Crippen molar-refractivity contribution in [3.63, 3.8) is 0 Å². The predicted molar refractivity (Wildman–Crippen MR) is 105 cm³/mol. The molecule has 0 spiro atoms. The Balaban J connectivity index is 1.82. The largest absolute Gasteiger partial charge is 0.346 e. The van der Waals surface area contributed by atoms with Gasteiger partial charge in [-0.2, -0.15) is 5.10 Å². The maximum Gasteiger partial charge on any atom is 0.272 e. The number of benzene rings is 1. The molecule has 27 heavy (non-hydrogen) atoms. The van der Waals surface area contributed by atoms with E-state index in [0.717, 1.165) is 16.8 Å². The number of nitrogens with zero attached hydrogens (tertiary/aromatic N) is 2. The Morgan fingerprint density at radius 2 is 1.96 bits per heavy atom. The van der Waals surface area contributed by atoms with Crippen LogP contribution in [0, 0.1) is 6.92 Å². The summed E-state index contributed by atoms with van der Waals surface area (Å²) in [5.41, 5.74) is 3.22. The Bertz CT molecular complexity index is 869. The van der Waals surface area contributed by atoms with Gasteiger partial charge in [0.1, 0.15) is 11.6 Å². The first-order valence-electron chi connectivity index (χ1n) is 9.02. The molecule has 1 aliphatic carbocycles. The van der Waals surface area contributed by atoms with Crippen molar-refractivity contribution >= 4 is 23.4 Å². The molecular weight excluding hydrogens is 364 g/mol. The Hall–Kier alpha value is -2.34. The second kappa shape index (κ2) is 7.35. The molecule has 6 nitrogen and oxygen atoms in total. The third-order valence-electron chi connectivity index (χ3n) is 4.74. The van der Waals surface area contributed by atoms with Crippen LogP contribution in [0.2, 0.25) is 0 Å². The highest BCUT2D eigenvalue weighted by Crippen LogP contribution is 2.31. The summed E-state index contributed by atoms with van der Waals surface area (Å²) in [7, 11) is 0. The highest BCUT2D eigenvalue weighted by molar-refractivity contribution is 6.27. The van der Waals surface area contributed by atoms with Crippen LogP contribution < -0.4 is 10.6 Å². The van der Waals surface area contributed by atoms with Gasteiger partial charge in [-0.05, 0) is 51.3 Å². The number of aryl methyl sites for hydroxylation is 1. The second-order valence-corrected chi connectivity index (χ2v) is 8.18. The maximum absolute atomic E-state index is 12.8. The smallest absolute Gasteiger partial charge is 0.272 e. The van der Waals surface area contributed by atoms with E-state index in [2.05, 4.69) is 15.7 Å². The second-order valence-electron chi connectivity index (χ2n) is 7.92. The fourth-order valence-corrected chi connectivity index (χ4v) is 3.70. The summed E-state index contributed by atoms with van der Waals surface area (Å²) in [5.74, 6) is -0.622. The maximum atomic E-state index is 12.8. The van der Waals surface area contributed by atoms with Crippen LogP contribution in [0.5, 0.6) is 0 Å². The quantitative estimate of drug-likeness (QED) is 0.790. The van der Waals surface area contributed by atoms with Crippen LogP contribution in [0.1, 0.15) is 54.1 Å². The average molecular weight is 389 g/mol. The molecule has 0 fully saturated rings. The van der Waals surface area contributed by atoms with E-state index >= 15 is 0 Å². The topological polar surface area (TPSA) is 76.0 Å². The van der Waals surface area contributed by atoms with Gasteiger partial charge < -0.3 is 10.6 Å². The number of rotatable bonds is 4. The lowest BCUT2D eigenvalue weighted by Crippen LogP contribution is -2.44. The Kier molecular flexibility index (Phi) is 5.29. The van der Waals surface area contributed by atoms with Gasteiger partial charge in [-0.25, -0.2) is 0 Å². The zero-order chi connectivity index (χ0) is 19.8. The van der Waals surface area contributed by atoms with E-state index in [9.17, 15) is 9.59 Å². The van der Waals surface area contributed by atoms with Crippen molar-refractivity contribution < 1.29 is 9.59 Å². The van der Waals surface area contributed by atoms with E-state index in [0.29, 0.717) is 12.1 Å². The van der Waals surface area contributed by atoms with Gasteiger partial charge in [-0.3, -0.25) is 14.3 Å². The zero-order valence-corrected chi connectivity index (χ0v) is 16.8. The average Bonchev–Trinajstić information content (AvgIpc) is 3.16. The van der Waals surface area contributed by atoms with Crippen molar-refractivity contribution in [2.75, 3.05) is 5.88 Å². The standard InChI is InChI=1S/C20H25ClN4O2/c1-12-9-16(24-25(12)20(2,3)4)19(27)22-15-10-13-7-5-6-8-14(13)18(15)23-17(26)11-21/h5-9,15,18H,10-11H2,1-4H3,(H,22,27)(H,23,26)/t15-,18-/m1/s1. The van der Waals surface area contributed by atoms with Crippen molar-refractivity contribution in [2.24, 2.45) is 0 Å². The molecule has 1 aliphatic rings. The minimum absolute atomic E-state index is 0.117. The van der Waals surface area contributed by atoms with Crippen LogP contribution in [-0.4, -0.2) is 33.5 Å². The lowest BCUT2D eigenvalue weighted by Gasteiger charge is -2.23. The van der Waals surface area contributed by atoms with Gasteiger partial charge in [0.25, 0.3) is 5.91 Å². The number of hydrogen-bond donors (Lipinski definition) is 2. The summed E-state index contributed by atoms with van der Waals surface area (Å²) in [6, 6.07) is 9.10. The SMILES string of the molecule is Cc1cc(C(=O)N[C@@H]2Cc3ccccc3[C@H]2NC(=O)CCl)nn1C(C)(C)C. The van der Waals surface area contributed by atoms with Gasteiger partial charge in [0, 0.05) is 5.69 Å². The molecule has 0 radical (unpaired) electrons. The van der Waals surface area contributed by atoms with Gasteiger partial charge in [-0.15, -0.1) is 11.6 Å². The Morgan fingerprint density at radius 1 is 1.26 bits per heavy atom. The van der Waals surface area contributed by atoms with Crippen molar-refractivity contribution in [3.8, 4) is 0 Å². The van der Waals surface area contributed by atoms with Crippen molar-refractivity contribution in [2.45, 2.75) is 51.7 Å². The van der Waals surface area contributed by atoms with Crippen molar-refractivity contribution in [3.05, 3.63) is 52.8 Å². The molecule has 0 bridgehead atoms. The Morgan fingerprint density at radius 3 is 2.59 bits per heavy atom. The number of halogens is 1. The van der Waals surface area contributed by atoms with E-state index in [1.54, 1.807) is 6.07 Å². The lowest BCUT2D eigenvalue weighted by molar-refractivity contribution is -0.119. The number of alkyl halides is 1. The van der Waals surface area contributed by atoms with Crippen LogP contribution in [-0.2, 0) is 16.8 Å². The molecule has 2 aromatic rings. The van der Waals surface area contributed by atoms with E-state index < -0.39 is 0 Å². The van der Waals surface area contributed by atoms with Gasteiger partial charge in [0.15, 0.2) is 0 Å². The number of aromatic nitrogens is 2. The highest BCUT2D eigenvalue weighted by Gasteiger charge is 2.35. The summed E-state index contributed by atoms with van der Waals surface area (Å²) >= 11 is 5.66.